The second-order valence-corrected chi connectivity index (χ2v) is 4.39. The molecule has 0 saturated carbocycles. The summed E-state index contributed by atoms with van der Waals surface area (Å²) in [5.74, 6) is -0.678. The molecule has 0 spiro atoms. The van der Waals surface area contributed by atoms with Gasteiger partial charge in [0.05, 0.1) is 12.6 Å². The number of methoxy groups -OCH3 is 1. The fourth-order valence-electron chi connectivity index (χ4n) is 2.16. The predicted octanol–water partition coefficient (Wildman–Crippen LogP) is -0.376. The Kier molecular flexibility index (Phi) is 3.16. The van der Waals surface area contributed by atoms with Crippen molar-refractivity contribution in [2.24, 2.45) is 0 Å². The number of carbonyl (C=O) groups excluding carboxylic acids is 1. The quantitative estimate of drug-likeness (QED) is 0.671. The number of carbonyl (C=O) groups is 1. The molecule has 1 N–H and O–H groups in total. The van der Waals surface area contributed by atoms with E-state index in [-0.39, 0.29) is 18.2 Å². The topological polar surface area (TPSA) is 66.0 Å². The number of nitrogens with one attached hydrogen (secondary N) is 1. The summed E-state index contributed by atoms with van der Waals surface area (Å²) in [6, 6.07) is -0.198. The van der Waals surface area contributed by atoms with E-state index in [9.17, 15) is 4.79 Å². The molecular formula is C10H17NO5. The molecule has 2 saturated heterocycles. The zero-order chi connectivity index (χ0) is 11.8. The van der Waals surface area contributed by atoms with Gasteiger partial charge in [-0.1, -0.05) is 0 Å². The lowest BCUT2D eigenvalue weighted by Gasteiger charge is -2.35. The van der Waals surface area contributed by atoms with Gasteiger partial charge in [-0.3, -0.25) is 4.79 Å². The summed E-state index contributed by atoms with van der Waals surface area (Å²) in [6.07, 6.45) is -0.353. The van der Waals surface area contributed by atoms with Gasteiger partial charge in [0, 0.05) is 7.11 Å². The van der Waals surface area contributed by atoms with E-state index in [1.54, 1.807) is 7.11 Å². The Hall–Kier alpha value is -0.690. The Balaban J connectivity index is 2.13. The SMILES string of the molecule is CO[C@@H]1OC[C@@H](NC=O)[C@H]2OC(C)(C)O[C@@H]12. The monoisotopic (exact) mass is 231 g/mol. The molecule has 0 aliphatic carbocycles. The van der Waals surface area contributed by atoms with Gasteiger partial charge in [-0.05, 0) is 13.8 Å². The third-order valence-corrected chi connectivity index (χ3v) is 2.78. The van der Waals surface area contributed by atoms with Crippen molar-refractivity contribution in [3.8, 4) is 0 Å². The first-order chi connectivity index (χ1) is 7.57. The lowest BCUT2D eigenvalue weighted by molar-refractivity contribution is -0.223. The number of hydrogen-bond donors (Lipinski definition) is 1. The van der Waals surface area contributed by atoms with Gasteiger partial charge in [-0.15, -0.1) is 0 Å². The van der Waals surface area contributed by atoms with Gasteiger partial charge in [0.15, 0.2) is 12.1 Å². The van der Waals surface area contributed by atoms with E-state index in [4.69, 9.17) is 18.9 Å². The van der Waals surface area contributed by atoms with Crippen LogP contribution in [0.25, 0.3) is 0 Å². The maximum atomic E-state index is 10.5. The number of rotatable bonds is 3. The molecule has 0 aromatic heterocycles. The van der Waals surface area contributed by atoms with Crippen molar-refractivity contribution < 1.29 is 23.7 Å². The normalized spacial score (nSPS) is 41.4. The van der Waals surface area contributed by atoms with Gasteiger partial charge in [0.25, 0.3) is 0 Å². The molecule has 0 bridgehead atoms. The van der Waals surface area contributed by atoms with Crippen molar-refractivity contribution in [2.45, 2.75) is 44.2 Å². The predicted molar refractivity (Wildman–Crippen MR) is 53.6 cm³/mol. The second kappa shape index (κ2) is 4.29. The van der Waals surface area contributed by atoms with E-state index in [2.05, 4.69) is 5.32 Å². The maximum absolute atomic E-state index is 10.5. The zero-order valence-corrected chi connectivity index (χ0v) is 9.64. The minimum absolute atomic E-state index is 0.198. The Bertz CT molecular complexity index is 270. The van der Waals surface area contributed by atoms with Crippen LogP contribution in [0.3, 0.4) is 0 Å². The maximum Gasteiger partial charge on any atom is 0.207 e. The highest BCUT2D eigenvalue weighted by molar-refractivity contribution is 5.47. The van der Waals surface area contributed by atoms with Crippen molar-refractivity contribution in [1.29, 1.82) is 0 Å². The van der Waals surface area contributed by atoms with Crippen LogP contribution in [0.5, 0.6) is 0 Å². The molecule has 2 aliphatic rings. The molecule has 2 aliphatic heterocycles. The summed E-state index contributed by atoms with van der Waals surface area (Å²) in [5, 5.41) is 2.67. The second-order valence-electron chi connectivity index (χ2n) is 4.39. The molecule has 6 nitrogen and oxygen atoms in total. The average molecular weight is 231 g/mol. The van der Waals surface area contributed by atoms with Crippen LogP contribution >= 0.6 is 0 Å². The van der Waals surface area contributed by atoms with E-state index in [1.807, 2.05) is 13.8 Å². The van der Waals surface area contributed by atoms with Gasteiger partial charge in [0.2, 0.25) is 6.41 Å². The van der Waals surface area contributed by atoms with Gasteiger partial charge >= 0.3 is 0 Å². The molecule has 4 atom stereocenters. The molecule has 16 heavy (non-hydrogen) atoms. The molecule has 0 unspecified atom stereocenters. The van der Waals surface area contributed by atoms with Crippen LogP contribution in [0, 0.1) is 0 Å². The largest absolute Gasteiger partial charge is 0.353 e. The van der Waals surface area contributed by atoms with E-state index >= 15 is 0 Å². The van der Waals surface area contributed by atoms with Crippen LogP contribution in [0.1, 0.15) is 13.8 Å². The van der Waals surface area contributed by atoms with Crippen molar-refractivity contribution in [2.75, 3.05) is 13.7 Å². The van der Waals surface area contributed by atoms with Crippen molar-refractivity contribution in [3.63, 3.8) is 0 Å². The van der Waals surface area contributed by atoms with Crippen LogP contribution in [0.4, 0.5) is 0 Å². The highest BCUT2D eigenvalue weighted by atomic mass is 16.8. The van der Waals surface area contributed by atoms with Gasteiger partial charge in [-0.2, -0.15) is 0 Å². The summed E-state index contributed by atoms with van der Waals surface area (Å²) in [7, 11) is 1.56. The van der Waals surface area contributed by atoms with Crippen molar-refractivity contribution in [3.05, 3.63) is 0 Å². The fourth-order valence-corrected chi connectivity index (χ4v) is 2.16. The molecule has 92 valence electrons. The van der Waals surface area contributed by atoms with Gasteiger partial charge in [0.1, 0.15) is 12.2 Å². The van der Waals surface area contributed by atoms with Gasteiger partial charge < -0.3 is 24.3 Å². The van der Waals surface area contributed by atoms with Crippen molar-refractivity contribution >= 4 is 6.41 Å². The lowest BCUT2D eigenvalue weighted by Crippen LogP contribution is -2.57. The third-order valence-electron chi connectivity index (χ3n) is 2.78. The molecule has 2 rings (SSSR count). The zero-order valence-electron chi connectivity index (χ0n) is 9.64. The number of hydrogen-bond acceptors (Lipinski definition) is 5. The average Bonchev–Trinajstić information content (AvgIpc) is 2.54. The Labute approximate surface area is 94.2 Å². The minimum Gasteiger partial charge on any atom is -0.353 e. The first-order valence-corrected chi connectivity index (χ1v) is 5.27. The van der Waals surface area contributed by atoms with Crippen LogP contribution in [-0.2, 0) is 23.7 Å². The smallest absolute Gasteiger partial charge is 0.207 e. The van der Waals surface area contributed by atoms with E-state index in [0.717, 1.165) is 0 Å². The molecular weight excluding hydrogens is 214 g/mol. The summed E-state index contributed by atoms with van der Waals surface area (Å²) >= 11 is 0. The first kappa shape index (κ1) is 11.8. The number of amides is 1. The standard InChI is InChI=1S/C10H17NO5/c1-10(2)15-7-6(11-5-12)4-14-9(13-3)8(7)16-10/h5-9H,4H2,1-3H3,(H,11,12)/t6-,7-,8-,9-/m1/s1. The molecule has 1 amide bonds. The number of fused-ring (bicyclic) bond motifs is 1. The van der Waals surface area contributed by atoms with Crippen LogP contribution in [0.2, 0.25) is 0 Å². The van der Waals surface area contributed by atoms with Crippen molar-refractivity contribution in [1.82, 2.24) is 5.32 Å². The highest BCUT2D eigenvalue weighted by Gasteiger charge is 2.52. The Morgan fingerprint density at radius 1 is 1.38 bits per heavy atom. The van der Waals surface area contributed by atoms with Crippen LogP contribution in [0.15, 0.2) is 0 Å². The van der Waals surface area contributed by atoms with E-state index in [0.29, 0.717) is 13.0 Å². The Morgan fingerprint density at radius 3 is 2.69 bits per heavy atom. The van der Waals surface area contributed by atoms with Crippen LogP contribution < -0.4 is 5.32 Å². The lowest BCUT2D eigenvalue weighted by atomic mass is 10.0. The summed E-state index contributed by atoms with van der Waals surface area (Å²) < 4.78 is 22.1. The molecule has 0 aromatic rings. The highest BCUT2D eigenvalue weighted by Crippen LogP contribution is 2.35. The van der Waals surface area contributed by atoms with Gasteiger partial charge in [-0.25, -0.2) is 0 Å². The van der Waals surface area contributed by atoms with E-state index in [1.165, 1.54) is 0 Å². The first-order valence-electron chi connectivity index (χ1n) is 5.27. The van der Waals surface area contributed by atoms with Crippen LogP contribution in [-0.4, -0.2) is 50.5 Å². The molecule has 6 heteroatoms. The molecule has 0 radical (unpaired) electrons. The summed E-state index contributed by atoms with van der Waals surface area (Å²) in [6.45, 7) is 4.02. The minimum atomic E-state index is -0.678. The molecule has 0 aromatic carbocycles. The number of ether oxygens (including phenoxy) is 4. The third kappa shape index (κ3) is 2.06. The molecule has 2 heterocycles. The Morgan fingerprint density at radius 2 is 2.06 bits per heavy atom. The fraction of sp³-hybridized carbons (Fsp3) is 0.900. The summed E-state index contributed by atoms with van der Waals surface area (Å²) in [5.41, 5.74) is 0. The summed E-state index contributed by atoms with van der Waals surface area (Å²) in [4.78, 5) is 10.5. The van der Waals surface area contributed by atoms with E-state index < -0.39 is 12.1 Å². The molecule has 2 fully saturated rings.